The number of likely N-dealkylation sites (tertiary alicyclic amines) is 1. The molecule has 146 valence electrons. The summed E-state index contributed by atoms with van der Waals surface area (Å²) in [6, 6.07) is 4.77. The number of halogens is 3. The van der Waals surface area contributed by atoms with Gasteiger partial charge in [-0.2, -0.15) is 17.9 Å². The molecule has 0 atom stereocenters. The highest BCUT2D eigenvalue weighted by Crippen LogP contribution is 2.29. The molecule has 1 aliphatic heterocycles. The van der Waals surface area contributed by atoms with Gasteiger partial charge < -0.3 is 5.32 Å². The van der Waals surface area contributed by atoms with Gasteiger partial charge in [-0.3, -0.25) is 9.69 Å². The first-order valence-electron chi connectivity index (χ1n) is 8.74. The lowest BCUT2D eigenvalue weighted by atomic mass is 9.97. The predicted octanol–water partition coefficient (Wildman–Crippen LogP) is 2.03. The van der Waals surface area contributed by atoms with Crippen molar-refractivity contribution in [3.63, 3.8) is 0 Å². The van der Waals surface area contributed by atoms with Gasteiger partial charge >= 0.3 is 6.18 Å². The quantitative estimate of drug-likeness (QED) is 0.856. The van der Waals surface area contributed by atoms with Crippen molar-refractivity contribution in [1.82, 2.24) is 30.4 Å². The van der Waals surface area contributed by atoms with E-state index in [1.54, 1.807) is 0 Å². The largest absolute Gasteiger partial charge is 0.416 e. The molecule has 2 heterocycles. The molecule has 0 unspecified atom stereocenters. The molecule has 0 radical (unpaired) electrons. The van der Waals surface area contributed by atoms with Crippen LogP contribution in [0.15, 0.2) is 24.3 Å². The lowest BCUT2D eigenvalue weighted by Gasteiger charge is -2.31. The van der Waals surface area contributed by atoms with Gasteiger partial charge in [0.15, 0.2) is 5.82 Å². The summed E-state index contributed by atoms with van der Waals surface area (Å²) in [5.74, 6) is 1.01. The second kappa shape index (κ2) is 8.03. The van der Waals surface area contributed by atoms with Crippen molar-refractivity contribution in [2.75, 3.05) is 19.6 Å². The maximum absolute atomic E-state index is 12.7. The third-order valence-electron chi connectivity index (χ3n) is 4.69. The molecule has 27 heavy (non-hydrogen) atoms. The van der Waals surface area contributed by atoms with Crippen molar-refractivity contribution >= 4 is 5.91 Å². The van der Waals surface area contributed by atoms with Crippen LogP contribution in [0, 0.1) is 5.92 Å². The standard InChI is InChI=1S/C17H21F3N6O/c1-12(27)21-10-13-6-8-25(9-7-13)11-16-22-23-24-26(16)15-4-2-14(3-5-15)17(18,19)20/h2-5,13H,6-11H2,1H3,(H,21,27). The van der Waals surface area contributed by atoms with Crippen LogP contribution in [0.2, 0.25) is 0 Å². The van der Waals surface area contributed by atoms with Gasteiger partial charge in [0.2, 0.25) is 5.91 Å². The Morgan fingerprint density at radius 2 is 1.89 bits per heavy atom. The van der Waals surface area contributed by atoms with Crippen molar-refractivity contribution < 1.29 is 18.0 Å². The van der Waals surface area contributed by atoms with Gasteiger partial charge in [-0.25, -0.2) is 0 Å². The fourth-order valence-corrected chi connectivity index (χ4v) is 3.13. The average molecular weight is 382 g/mol. The summed E-state index contributed by atoms with van der Waals surface area (Å²) in [7, 11) is 0. The van der Waals surface area contributed by atoms with E-state index in [-0.39, 0.29) is 5.91 Å². The molecule has 1 fully saturated rings. The van der Waals surface area contributed by atoms with E-state index in [0.717, 1.165) is 38.1 Å². The molecule has 1 aromatic heterocycles. The number of carbonyl (C=O) groups excluding carboxylic acids is 1. The summed E-state index contributed by atoms with van der Waals surface area (Å²) in [5.41, 5.74) is -0.217. The minimum Gasteiger partial charge on any atom is -0.356 e. The van der Waals surface area contributed by atoms with E-state index in [2.05, 4.69) is 25.7 Å². The average Bonchev–Trinajstić information content (AvgIpc) is 3.08. The molecular formula is C17H21F3N6O. The van der Waals surface area contributed by atoms with Crippen LogP contribution >= 0.6 is 0 Å². The van der Waals surface area contributed by atoms with E-state index >= 15 is 0 Å². The van der Waals surface area contributed by atoms with Crippen LogP contribution in [0.25, 0.3) is 5.69 Å². The normalized spacial score (nSPS) is 16.4. The lowest BCUT2D eigenvalue weighted by Crippen LogP contribution is -2.38. The highest BCUT2D eigenvalue weighted by Gasteiger charge is 2.30. The number of amides is 1. The van der Waals surface area contributed by atoms with Crippen molar-refractivity contribution in [3.8, 4) is 5.69 Å². The summed E-state index contributed by atoms with van der Waals surface area (Å²) in [5, 5.41) is 14.4. The Balaban J connectivity index is 1.60. The third-order valence-corrected chi connectivity index (χ3v) is 4.69. The zero-order valence-electron chi connectivity index (χ0n) is 14.9. The number of tetrazole rings is 1. The van der Waals surface area contributed by atoms with Gasteiger partial charge in [0.1, 0.15) is 0 Å². The molecule has 3 rings (SSSR count). The van der Waals surface area contributed by atoms with Crippen molar-refractivity contribution in [3.05, 3.63) is 35.7 Å². The summed E-state index contributed by atoms with van der Waals surface area (Å²) in [6.07, 6.45) is -2.45. The van der Waals surface area contributed by atoms with E-state index in [1.165, 1.54) is 23.7 Å². The van der Waals surface area contributed by atoms with Gasteiger partial charge in [0, 0.05) is 13.5 Å². The minimum atomic E-state index is -4.37. The minimum absolute atomic E-state index is 0.0202. The number of carbonyl (C=O) groups is 1. The van der Waals surface area contributed by atoms with Crippen LogP contribution in [0.3, 0.4) is 0 Å². The predicted molar refractivity (Wildman–Crippen MR) is 90.8 cm³/mol. The van der Waals surface area contributed by atoms with Gasteiger partial charge in [-0.05, 0) is 66.5 Å². The number of aromatic nitrogens is 4. The third kappa shape index (κ3) is 5.03. The van der Waals surface area contributed by atoms with Crippen LogP contribution in [0.1, 0.15) is 31.2 Å². The first kappa shape index (κ1) is 19.3. The number of benzene rings is 1. The summed E-state index contributed by atoms with van der Waals surface area (Å²) in [4.78, 5) is 13.2. The fraction of sp³-hybridized carbons (Fsp3) is 0.529. The van der Waals surface area contributed by atoms with Gasteiger partial charge in [0.25, 0.3) is 0 Å². The summed E-state index contributed by atoms with van der Waals surface area (Å²) >= 11 is 0. The Hall–Kier alpha value is -2.49. The van der Waals surface area contributed by atoms with Gasteiger partial charge in [0.05, 0.1) is 17.8 Å². The first-order valence-corrected chi connectivity index (χ1v) is 8.74. The summed E-state index contributed by atoms with van der Waals surface area (Å²) in [6.45, 7) is 4.41. The number of hydrogen-bond acceptors (Lipinski definition) is 5. The number of piperidine rings is 1. The van der Waals surface area contributed by atoms with Crippen LogP contribution in [-0.4, -0.2) is 50.6 Å². The van der Waals surface area contributed by atoms with Gasteiger partial charge in [-0.15, -0.1) is 5.10 Å². The number of rotatable bonds is 5. The molecule has 0 saturated carbocycles. The number of nitrogens with one attached hydrogen (secondary N) is 1. The van der Waals surface area contributed by atoms with E-state index in [4.69, 9.17) is 0 Å². The number of hydrogen-bond donors (Lipinski definition) is 1. The molecule has 7 nitrogen and oxygen atoms in total. The fourth-order valence-electron chi connectivity index (χ4n) is 3.13. The number of alkyl halides is 3. The Morgan fingerprint density at radius 1 is 1.22 bits per heavy atom. The highest BCUT2D eigenvalue weighted by molar-refractivity contribution is 5.72. The Labute approximate surface area is 154 Å². The molecule has 2 aromatic rings. The molecule has 1 aliphatic rings. The van der Waals surface area contributed by atoms with Crippen molar-refractivity contribution in [1.29, 1.82) is 0 Å². The first-order chi connectivity index (χ1) is 12.8. The summed E-state index contributed by atoms with van der Waals surface area (Å²) < 4.78 is 39.6. The molecule has 1 aromatic carbocycles. The topological polar surface area (TPSA) is 75.9 Å². The maximum Gasteiger partial charge on any atom is 0.416 e. The van der Waals surface area contributed by atoms with E-state index in [9.17, 15) is 18.0 Å². The van der Waals surface area contributed by atoms with Crippen LogP contribution in [-0.2, 0) is 17.5 Å². The molecular weight excluding hydrogens is 361 g/mol. The second-order valence-electron chi connectivity index (χ2n) is 6.71. The molecule has 0 bridgehead atoms. The van der Waals surface area contributed by atoms with E-state index < -0.39 is 11.7 Å². The van der Waals surface area contributed by atoms with Crippen LogP contribution in [0.5, 0.6) is 0 Å². The maximum atomic E-state index is 12.7. The smallest absolute Gasteiger partial charge is 0.356 e. The SMILES string of the molecule is CC(=O)NCC1CCN(Cc2nnnn2-c2ccc(C(F)(F)F)cc2)CC1. The van der Waals surface area contributed by atoms with Gasteiger partial charge in [-0.1, -0.05) is 0 Å². The molecule has 1 amide bonds. The zero-order chi connectivity index (χ0) is 19.4. The Bertz CT molecular complexity index is 766. The van der Waals surface area contributed by atoms with Crippen molar-refractivity contribution in [2.45, 2.75) is 32.5 Å². The monoisotopic (exact) mass is 382 g/mol. The Kier molecular flexibility index (Phi) is 5.73. The zero-order valence-corrected chi connectivity index (χ0v) is 14.9. The lowest BCUT2D eigenvalue weighted by molar-refractivity contribution is -0.137. The second-order valence-corrected chi connectivity index (χ2v) is 6.71. The molecule has 1 N–H and O–H groups in total. The Morgan fingerprint density at radius 3 is 2.48 bits per heavy atom. The number of nitrogens with zero attached hydrogens (tertiary/aromatic N) is 5. The molecule has 0 aliphatic carbocycles. The van der Waals surface area contributed by atoms with E-state index in [0.29, 0.717) is 30.5 Å². The van der Waals surface area contributed by atoms with E-state index in [1.807, 2.05) is 0 Å². The van der Waals surface area contributed by atoms with Crippen LogP contribution < -0.4 is 5.32 Å². The molecule has 0 spiro atoms. The highest BCUT2D eigenvalue weighted by atomic mass is 19.4. The molecule has 1 saturated heterocycles. The van der Waals surface area contributed by atoms with Crippen LogP contribution in [0.4, 0.5) is 13.2 Å². The van der Waals surface area contributed by atoms with Crippen molar-refractivity contribution in [2.24, 2.45) is 5.92 Å². The molecule has 10 heteroatoms.